The van der Waals surface area contributed by atoms with E-state index in [1.807, 2.05) is 31.2 Å². The Balaban J connectivity index is 1.47. The largest absolute Gasteiger partial charge is 0.378 e. The van der Waals surface area contributed by atoms with Gasteiger partial charge in [-0.2, -0.15) is 0 Å². The van der Waals surface area contributed by atoms with Crippen molar-refractivity contribution >= 4 is 17.5 Å². The normalized spacial score (nSPS) is 13.8. The molecule has 2 amide bonds. The maximum absolute atomic E-state index is 12.6. The summed E-state index contributed by atoms with van der Waals surface area (Å²) < 4.78 is 6.93. The summed E-state index contributed by atoms with van der Waals surface area (Å²) in [6.07, 6.45) is 3.39. The Hall–Kier alpha value is -3.59. The molecule has 1 aliphatic heterocycles. The van der Waals surface area contributed by atoms with E-state index in [1.165, 1.54) is 4.57 Å². The number of ether oxygens (including phenoxy) is 1. The van der Waals surface area contributed by atoms with Crippen LogP contribution in [0.5, 0.6) is 0 Å². The van der Waals surface area contributed by atoms with Gasteiger partial charge in [-0.3, -0.25) is 4.57 Å². The zero-order valence-electron chi connectivity index (χ0n) is 16.7. The van der Waals surface area contributed by atoms with Crippen molar-refractivity contribution in [3.63, 3.8) is 0 Å². The minimum absolute atomic E-state index is 0.257. The van der Waals surface area contributed by atoms with Crippen LogP contribution < -0.4 is 21.2 Å². The molecular weight excluding hydrogens is 384 g/mol. The predicted octanol–water partition coefficient (Wildman–Crippen LogP) is 2.03. The Kier molecular flexibility index (Phi) is 5.80. The van der Waals surface area contributed by atoms with Crippen molar-refractivity contribution in [2.24, 2.45) is 0 Å². The number of nitrogens with one attached hydrogen (secondary N) is 3. The first-order valence-corrected chi connectivity index (χ1v) is 9.81. The number of benzene rings is 1. The van der Waals surface area contributed by atoms with Crippen LogP contribution >= 0.6 is 0 Å². The second kappa shape index (κ2) is 8.83. The van der Waals surface area contributed by atoms with E-state index in [9.17, 15) is 9.59 Å². The number of nitrogens with zero attached hydrogens (tertiary/aromatic N) is 3. The fourth-order valence-electron chi connectivity index (χ4n) is 3.50. The van der Waals surface area contributed by atoms with Crippen molar-refractivity contribution in [2.75, 3.05) is 36.5 Å². The molecular formula is C21H24N6O3. The van der Waals surface area contributed by atoms with Crippen LogP contribution in [0.1, 0.15) is 11.3 Å². The van der Waals surface area contributed by atoms with Gasteiger partial charge >= 0.3 is 11.7 Å². The van der Waals surface area contributed by atoms with Crippen molar-refractivity contribution in [1.29, 1.82) is 0 Å². The highest BCUT2D eigenvalue weighted by molar-refractivity contribution is 5.91. The third kappa shape index (κ3) is 4.20. The number of morpholine rings is 1. The number of urea groups is 1. The third-order valence-corrected chi connectivity index (χ3v) is 4.97. The molecule has 9 heteroatoms. The zero-order valence-corrected chi connectivity index (χ0v) is 16.7. The second-order valence-corrected chi connectivity index (χ2v) is 6.98. The first kappa shape index (κ1) is 19.7. The Morgan fingerprint density at radius 1 is 1.20 bits per heavy atom. The van der Waals surface area contributed by atoms with E-state index >= 15 is 0 Å². The minimum atomic E-state index is -0.361. The van der Waals surface area contributed by atoms with Crippen molar-refractivity contribution in [3.05, 3.63) is 70.5 Å². The number of aromatic amines is 1. The Labute approximate surface area is 173 Å². The summed E-state index contributed by atoms with van der Waals surface area (Å²) in [7, 11) is 0. The van der Waals surface area contributed by atoms with E-state index in [2.05, 4.69) is 25.5 Å². The SMILES string of the molecule is Cc1c[nH]c(=O)n1-c1ccccc1NC(=O)NCc1cccnc1N1CCOCC1. The quantitative estimate of drug-likeness (QED) is 0.599. The molecule has 3 heterocycles. The number of aryl methyl sites for hydroxylation is 1. The summed E-state index contributed by atoms with van der Waals surface area (Å²) in [6.45, 7) is 5.03. The van der Waals surface area contributed by atoms with Gasteiger partial charge in [0, 0.05) is 43.3 Å². The number of H-pyrrole nitrogens is 1. The van der Waals surface area contributed by atoms with Crippen molar-refractivity contribution in [1.82, 2.24) is 19.9 Å². The maximum Gasteiger partial charge on any atom is 0.330 e. The molecule has 0 aliphatic carbocycles. The molecule has 1 saturated heterocycles. The molecule has 1 aliphatic rings. The Morgan fingerprint density at radius 2 is 2.00 bits per heavy atom. The number of anilines is 2. The van der Waals surface area contributed by atoms with Gasteiger partial charge in [-0.25, -0.2) is 14.6 Å². The second-order valence-electron chi connectivity index (χ2n) is 6.98. The van der Waals surface area contributed by atoms with Gasteiger partial charge in [0.25, 0.3) is 0 Å². The molecule has 3 aromatic rings. The van der Waals surface area contributed by atoms with Crippen LogP contribution in [-0.2, 0) is 11.3 Å². The summed E-state index contributed by atoms with van der Waals surface area (Å²) in [5.74, 6) is 0.857. The van der Waals surface area contributed by atoms with Gasteiger partial charge in [0.1, 0.15) is 5.82 Å². The number of rotatable bonds is 5. The fourth-order valence-corrected chi connectivity index (χ4v) is 3.50. The van der Waals surface area contributed by atoms with Crippen LogP contribution in [0.4, 0.5) is 16.3 Å². The maximum atomic E-state index is 12.6. The standard InChI is InChI=1S/C21H24N6O3/c1-15-13-24-21(29)27(15)18-7-3-2-6-17(18)25-20(28)23-14-16-5-4-8-22-19(16)26-9-11-30-12-10-26/h2-8,13H,9-12,14H2,1H3,(H,24,29)(H2,23,25,28). The number of hydrogen-bond acceptors (Lipinski definition) is 5. The number of carbonyl (C=O) groups is 1. The number of para-hydroxylation sites is 2. The molecule has 0 unspecified atom stereocenters. The number of pyridine rings is 1. The van der Waals surface area contributed by atoms with Crippen LogP contribution in [0.2, 0.25) is 0 Å². The summed E-state index contributed by atoms with van der Waals surface area (Å²) in [6, 6.07) is 10.6. The highest BCUT2D eigenvalue weighted by Crippen LogP contribution is 2.21. The number of amides is 2. The lowest BCUT2D eigenvalue weighted by atomic mass is 10.2. The monoisotopic (exact) mass is 408 g/mol. The average Bonchev–Trinajstić information content (AvgIpc) is 3.11. The summed E-state index contributed by atoms with van der Waals surface area (Å²) in [4.78, 5) is 34.0. The molecule has 0 atom stereocenters. The Morgan fingerprint density at radius 3 is 2.77 bits per heavy atom. The van der Waals surface area contributed by atoms with E-state index in [0.29, 0.717) is 31.1 Å². The molecule has 4 rings (SSSR count). The molecule has 2 aromatic heterocycles. The van der Waals surface area contributed by atoms with E-state index in [-0.39, 0.29) is 11.7 Å². The summed E-state index contributed by atoms with van der Waals surface area (Å²) >= 11 is 0. The Bertz CT molecular complexity index is 1080. The molecule has 1 fully saturated rings. The summed E-state index contributed by atoms with van der Waals surface area (Å²) in [5, 5.41) is 5.73. The predicted molar refractivity (Wildman–Crippen MR) is 114 cm³/mol. The van der Waals surface area contributed by atoms with Crippen LogP contribution in [-0.4, -0.2) is 46.9 Å². The number of hydrogen-bond donors (Lipinski definition) is 3. The molecule has 0 saturated carbocycles. The van der Waals surface area contributed by atoms with Gasteiger partial charge in [-0.1, -0.05) is 18.2 Å². The number of aromatic nitrogens is 3. The molecule has 9 nitrogen and oxygen atoms in total. The average molecular weight is 408 g/mol. The van der Waals surface area contributed by atoms with E-state index < -0.39 is 0 Å². The van der Waals surface area contributed by atoms with E-state index in [1.54, 1.807) is 24.5 Å². The lowest BCUT2D eigenvalue weighted by molar-refractivity contribution is 0.122. The zero-order chi connectivity index (χ0) is 20.9. The first-order valence-electron chi connectivity index (χ1n) is 9.81. The van der Waals surface area contributed by atoms with Crippen molar-refractivity contribution < 1.29 is 9.53 Å². The molecule has 0 bridgehead atoms. The van der Waals surface area contributed by atoms with Crippen LogP contribution in [0.3, 0.4) is 0 Å². The molecule has 156 valence electrons. The minimum Gasteiger partial charge on any atom is -0.378 e. The lowest BCUT2D eigenvalue weighted by Crippen LogP contribution is -2.38. The van der Waals surface area contributed by atoms with Gasteiger partial charge in [-0.15, -0.1) is 0 Å². The third-order valence-electron chi connectivity index (χ3n) is 4.97. The highest BCUT2D eigenvalue weighted by Gasteiger charge is 2.17. The smallest absolute Gasteiger partial charge is 0.330 e. The molecule has 30 heavy (non-hydrogen) atoms. The molecule has 3 N–H and O–H groups in total. The highest BCUT2D eigenvalue weighted by atomic mass is 16.5. The topological polar surface area (TPSA) is 104 Å². The first-order chi connectivity index (χ1) is 14.6. The van der Waals surface area contributed by atoms with E-state index in [0.717, 1.165) is 30.2 Å². The van der Waals surface area contributed by atoms with Gasteiger partial charge in [0.2, 0.25) is 0 Å². The lowest BCUT2D eigenvalue weighted by Gasteiger charge is -2.29. The summed E-state index contributed by atoms with van der Waals surface area (Å²) in [5.41, 5.74) is 2.57. The van der Waals surface area contributed by atoms with E-state index in [4.69, 9.17) is 4.74 Å². The molecule has 0 spiro atoms. The van der Waals surface area contributed by atoms with Crippen LogP contribution in [0.15, 0.2) is 53.6 Å². The number of imidazole rings is 1. The fraction of sp³-hybridized carbons (Fsp3) is 0.286. The van der Waals surface area contributed by atoms with Crippen LogP contribution in [0, 0.1) is 6.92 Å². The van der Waals surface area contributed by atoms with Crippen molar-refractivity contribution in [2.45, 2.75) is 13.5 Å². The van der Waals surface area contributed by atoms with Crippen LogP contribution in [0.25, 0.3) is 5.69 Å². The molecule has 1 aromatic carbocycles. The van der Waals surface area contributed by atoms with Gasteiger partial charge in [0.05, 0.1) is 24.6 Å². The number of carbonyl (C=O) groups excluding carboxylic acids is 1. The van der Waals surface area contributed by atoms with Gasteiger partial charge in [-0.05, 0) is 25.1 Å². The van der Waals surface area contributed by atoms with Gasteiger partial charge in [0.15, 0.2) is 0 Å². The van der Waals surface area contributed by atoms with Crippen molar-refractivity contribution in [3.8, 4) is 5.69 Å². The van der Waals surface area contributed by atoms with Gasteiger partial charge < -0.3 is 25.3 Å². The molecule has 0 radical (unpaired) electrons.